The van der Waals surface area contributed by atoms with Gasteiger partial charge in [-0.3, -0.25) is 14.4 Å². The van der Waals surface area contributed by atoms with E-state index in [0.29, 0.717) is 29.9 Å². The molecule has 0 fully saturated rings. The van der Waals surface area contributed by atoms with E-state index in [1.807, 2.05) is 19.9 Å². The molecule has 2 amide bonds. The summed E-state index contributed by atoms with van der Waals surface area (Å²) in [5, 5.41) is 4.93. The first-order valence-electron chi connectivity index (χ1n) is 11.9. The molecule has 1 atom stereocenters. The van der Waals surface area contributed by atoms with E-state index in [0.717, 1.165) is 5.56 Å². The van der Waals surface area contributed by atoms with Crippen molar-refractivity contribution in [3.05, 3.63) is 81.1 Å². The van der Waals surface area contributed by atoms with Gasteiger partial charge in [0.05, 0.1) is 20.1 Å². The highest BCUT2D eigenvalue weighted by Gasteiger charge is 2.36. The van der Waals surface area contributed by atoms with Crippen LogP contribution in [0.2, 0.25) is 0 Å². The van der Waals surface area contributed by atoms with Gasteiger partial charge < -0.3 is 24.2 Å². The summed E-state index contributed by atoms with van der Waals surface area (Å²) in [6.07, 6.45) is 0.322. The summed E-state index contributed by atoms with van der Waals surface area (Å²) in [5.41, 5.74) is 1.24. The number of fused-ring (bicyclic) bond motifs is 1. The van der Waals surface area contributed by atoms with Gasteiger partial charge in [-0.15, -0.1) is 0 Å². The molecule has 196 valence electrons. The maximum Gasteiger partial charge on any atom is 0.280 e. The highest BCUT2D eigenvalue weighted by Crippen LogP contribution is 2.34. The molecule has 1 aliphatic rings. The molecule has 4 rings (SSSR count). The SMILES string of the molecule is COCC(C)(C)c1ccc(NC(=O)[C@H]2c3ccc(OC)cc3CCN2C(=O)Cc2cc(=O)[nH]o2)cc1F. The van der Waals surface area contributed by atoms with Crippen LogP contribution in [0, 0.1) is 5.82 Å². The summed E-state index contributed by atoms with van der Waals surface area (Å²) in [5.74, 6) is -0.524. The summed E-state index contributed by atoms with van der Waals surface area (Å²) in [7, 11) is 3.12. The molecule has 9 nitrogen and oxygen atoms in total. The van der Waals surface area contributed by atoms with Crippen molar-refractivity contribution in [3.63, 3.8) is 0 Å². The zero-order valence-electron chi connectivity index (χ0n) is 21.2. The summed E-state index contributed by atoms with van der Waals surface area (Å²) in [4.78, 5) is 39.7. The van der Waals surface area contributed by atoms with Crippen LogP contribution in [0.3, 0.4) is 0 Å². The Morgan fingerprint density at radius 1 is 1.19 bits per heavy atom. The monoisotopic (exact) mass is 511 g/mol. The van der Waals surface area contributed by atoms with E-state index in [2.05, 4.69) is 10.5 Å². The van der Waals surface area contributed by atoms with Gasteiger partial charge in [-0.1, -0.05) is 26.0 Å². The van der Waals surface area contributed by atoms with Gasteiger partial charge in [0, 0.05) is 30.8 Å². The minimum Gasteiger partial charge on any atom is -0.497 e. The predicted molar refractivity (Wildman–Crippen MR) is 134 cm³/mol. The number of nitrogens with one attached hydrogen (secondary N) is 2. The quantitative estimate of drug-likeness (QED) is 0.480. The van der Waals surface area contributed by atoms with Crippen molar-refractivity contribution >= 4 is 17.5 Å². The third kappa shape index (κ3) is 5.59. The van der Waals surface area contributed by atoms with Crippen molar-refractivity contribution in [1.82, 2.24) is 10.1 Å². The lowest BCUT2D eigenvalue weighted by molar-refractivity contribution is -0.139. The zero-order chi connectivity index (χ0) is 26.7. The minimum absolute atomic E-state index is 0.172. The summed E-state index contributed by atoms with van der Waals surface area (Å²) in [6, 6.07) is 10.1. The standard InChI is InChI=1S/C27H30FN3O6/c1-27(2,15-35-3)21-8-5-17(12-22(21)28)29-26(34)25-20-7-6-18(36-4)11-16(20)9-10-31(25)24(33)14-19-13-23(32)30-37-19/h5-8,11-13,25H,9-10,14-15H2,1-4H3,(H,29,34)(H,30,32)/t25-/m1/s1. The third-order valence-corrected chi connectivity index (χ3v) is 6.52. The Balaban J connectivity index is 1.63. The number of carbonyl (C=O) groups is 2. The van der Waals surface area contributed by atoms with E-state index >= 15 is 4.39 Å². The molecule has 0 aliphatic carbocycles. The number of halogens is 1. The van der Waals surface area contributed by atoms with Gasteiger partial charge in [0.15, 0.2) is 0 Å². The Hall–Kier alpha value is -3.92. The largest absolute Gasteiger partial charge is 0.497 e. The first kappa shape index (κ1) is 26.2. The van der Waals surface area contributed by atoms with E-state index in [4.69, 9.17) is 14.0 Å². The molecule has 0 radical (unpaired) electrons. The molecule has 1 aliphatic heterocycles. The third-order valence-electron chi connectivity index (χ3n) is 6.52. The highest BCUT2D eigenvalue weighted by atomic mass is 19.1. The average Bonchev–Trinajstić information content (AvgIpc) is 3.26. The van der Waals surface area contributed by atoms with E-state index in [-0.39, 0.29) is 30.3 Å². The smallest absolute Gasteiger partial charge is 0.280 e. The average molecular weight is 512 g/mol. The lowest BCUT2D eigenvalue weighted by atomic mass is 9.85. The Kier molecular flexibility index (Phi) is 7.49. The lowest BCUT2D eigenvalue weighted by Crippen LogP contribution is -2.46. The molecule has 10 heteroatoms. The summed E-state index contributed by atoms with van der Waals surface area (Å²) in [6.45, 7) is 4.34. The number of methoxy groups -OCH3 is 2. The molecule has 0 unspecified atom stereocenters. The fourth-order valence-corrected chi connectivity index (χ4v) is 4.73. The molecule has 0 bridgehead atoms. The van der Waals surface area contributed by atoms with Gasteiger partial charge in [-0.2, -0.15) is 5.16 Å². The fourth-order valence-electron chi connectivity index (χ4n) is 4.73. The second kappa shape index (κ2) is 10.6. The molecule has 0 saturated carbocycles. The number of rotatable bonds is 8. The first-order chi connectivity index (χ1) is 17.6. The molecule has 3 aromatic rings. The number of H-pyrrole nitrogens is 1. The molecule has 2 heterocycles. The van der Waals surface area contributed by atoms with Crippen molar-refractivity contribution in [2.45, 2.75) is 38.1 Å². The second-order valence-corrected chi connectivity index (χ2v) is 9.66. The van der Waals surface area contributed by atoms with Crippen molar-refractivity contribution in [3.8, 4) is 5.75 Å². The molecule has 0 spiro atoms. The molecule has 37 heavy (non-hydrogen) atoms. The summed E-state index contributed by atoms with van der Waals surface area (Å²) >= 11 is 0. The number of aromatic amines is 1. The number of hydrogen-bond acceptors (Lipinski definition) is 6. The van der Waals surface area contributed by atoms with Crippen LogP contribution in [0.5, 0.6) is 5.75 Å². The Morgan fingerprint density at radius 2 is 1.97 bits per heavy atom. The van der Waals surface area contributed by atoms with Crippen LogP contribution in [-0.4, -0.2) is 49.2 Å². The van der Waals surface area contributed by atoms with E-state index < -0.39 is 28.7 Å². The van der Waals surface area contributed by atoms with E-state index in [1.54, 1.807) is 38.5 Å². The van der Waals surface area contributed by atoms with Gasteiger partial charge in [0.1, 0.15) is 23.4 Å². The molecule has 0 saturated heterocycles. The highest BCUT2D eigenvalue weighted by molar-refractivity contribution is 5.98. The van der Waals surface area contributed by atoms with Crippen LogP contribution < -0.4 is 15.6 Å². The van der Waals surface area contributed by atoms with E-state index in [1.165, 1.54) is 17.0 Å². The second-order valence-electron chi connectivity index (χ2n) is 9.66. The topological polar surface area (TPSA) is 114 Å². The van der Waals surface area contributed by atoms with Crippen LogP contribution in [0.4, 0.5) is 10.1 Å². The van der Waals surface area contributed by atoms with Crippen LogP contribution in [-0.2, 0) is 32.6 Å². The zero-order valence-corrected chi connectivity index (χ0v) is 21.2. The number of anilines is 1. The van der Waals surface area contributed by atoms with Crippen molar-refractivity contribution in [2.24, 2.45) is 0 Å². The number of hydrogen-bond donors (Lipinski definition) is 2. The van der Waals surface area contributed by atoms with Crippen molar-refractivity contribution in [2.75, 3.05) is 32.7 Å². The maximum atomic E-state index is 15.0. The predicted octanol–water partition coefficient (Wildman–Crippen LogP) is 3.35. The maximum absolute atomic E-state index is 15.0. The number of nitrogens with zero attached hydrogens (tertiary/aromatic N) is 1. The Morgan fingerprint density at radius 3 is 2.62 bits per heavy atom. The lowest BCUT2D eigenvalue weighted by Gasteiger charge is -2.36. The van der Waals surface area contributed by atoms with E-state index in [9.17, 15) is 14.4 Å². The molecular formula is C27H30FN3O6. The van der Waals surface area contributed by atoms with Gasteiger partial charge in [-0.05, 0) is 47.4 Å². The Bertz CT molecular complexity index is 1360. The molecule has 1 aromatic heterocycles. The molecule has 2 aromatic carbocycles. The van der Waals surface area contributed by atoms with Gasteiger partial charge in [0.25, 0.3) is 11.5 Å². The van der Waals surface area contributed by atoms with Gasteiger partial charge in [0.2, 0.25) is 5.91 Å². The van der Waals surface area contributed by atoms with Crippen LogP contribution in [0.15, 0.2) is 51.8 Å². The molecule has 2 N–H and O–H groups in total. The fraction of sp³-hybridized carbons (Fsp3) is 0.370. The number of aromatic nitrogens is 1. The minimum atomic E-state index is -0.972. The van der Waals surface area contributed by atoms with Crippen molar-refractivity contribution in [1.29, 1.82) is 0 Å². The van der Waals surface area contributed by atoms with Crippen LogP contribution in [0.25, 0.3) is 0 Å². The van der Waals surface area contributed by atoms with Gasteiger partial charge in [-0.25, -0.2) is 4.39 Å². The number of amides is 2. The number of carbonyl (C=O) groups excluding carboxylic acids is 2. The normalized spacial score (nSPS) is 15.3. The first-order valence-corrected chi connectivity index (χ1v) is 11.9. The van der Waals surface area contributed by atoms with Crippen LogP contribution >= 0.6 is 0 Å². The number of benzene rings is 2. The van der Waals surface area contributed by atoms with Crippen LogP contribution in [0.1, 0.15) is 42.3 Å². The van der Waals surface area contributed by atoms with Gasteiger partial charge >= 0.3 is 0 Å². The van der Waals surface area contributed by atoms with Crippen molar-refractivity contribution < 1.29 is 28.0 Å². The number of ether oxygens (including phenoxy) is 2. The molecular weight excluding hydrogens is 481 g/mol. The Labute approximate surface area is 213 Å². The summed E-state index contributed by atoms with van der Waals surface area (Å²) < 4.78 is 30.6.